The highest BCUT2D eigenvalue weighted by atomic mass is 32.2. The Labute approximate surface area is 125 Å². The Morgan fingerprint density at radius 1 is 1.55 bits per heavy atom. The van der Waals surface area contributed by atoms with Gasteiger partial charge in [0, 0.05) is 17.2 Å². The minimum absolute atomic E-state index is 0.126. The number of hydrogen-bond donors (Lipinski definition) is 2. The van der Waals surface area contributed by atoms with Gasteiger partial charge in [0.05, 0.1) is 4.88 Å². The second-order valence-corrected chi connectivity index (χ2v) is 6.09. The lowest BCUT2D eigenvalue weighted by Gasteiger charge is -2.02. The first-order valence-corrected chi connectivity index (χ1v) is 8.01. The number of aromatic nitrogens is 3. The number of rotatable bonds is 5. The molecule has 0 saturated carbocycles. The third kappa shape index (κ3) is 3.76. The highest BCUT2D eigenvalue weighted by Gasteiger charge is 2.08. The van der Waals surface area contributed by atoms with Gasteiger partial charge in [0.1, 0.15) is 6.61 Å². The molecule has 2 heterocycles. The summed E-state index contributed by atoms with van der Waals surface area (Å²) < 4.78 is 1.66. The normalized spacial score (nSPS) is 10.3. The van der Waals surface area contributed by atoms with Crippen molar-refractivity contribution in [2.24, 2.45) is 0 Å². The Bertz CT molecular complexity index is 676. The maximum absolute atomic E-state index is 11.6. The molecule has 0 spiro atoms. The third-order valence-corrected chi connectivity index (χ3v) is 4.67. The Hall–Kier alpha value is -1.49. The molecule has 0 aliphatic heterocycles. The van der Waals surface area contributed by atoms with Crippen LogP contribution in [-0.4, -0.2) is 26.5 Å². The van der Waals surface area contributed by atoms with E-state index in [2.05, 4.69) is 22.0 Å². The van der Waals surface area contributed by atoms with Crippen molar-refractivity contribution in [3.05, 3.63) is 32.4 Å². The number of thiophene rings is 1. The van der Waals surface area contributed by atoms with Gasteiger partial charge in [-0.2, -0.15) is 0 Å². The number of aromatic amines is 1. The van der Waals surface area contributed by atoms with Crippen LogP contribution < -0.4 is 5.69 Å². The first-order valence-electron chi connectivity index (χ1n) is 6.21. The Morgan fingerprint density at radius 2 is 2.40 bits per heavy atom. The predicted octanol–water partition coefficient (Wildman–Crippen LogP) is 1.68. The number of nitrogens with one attached hydrogen (secondary N) is 1. The second kappa shape index (κ2) is 7.33. The molecule has 2 aromatic rings. The maximum atomic E-state index is 11.6. The van der Waals surface area contributed by atoms with Crippen molar-refractivity contribution in [1.82, 2.24) is 14.8 Å². The highest BCUT2D eigenvalue weighted by Crippen LogP contribution is 2.24. The molecule has 20 heavy (non-hydrogen) atoms. The van der Waals surface area contributed by atoms with E-state index in [1.54, 1.807) is 15.9 Å². The van der Waals surface area contributed by atoms with E-state index < -0.39 is 0 Å². The fourth-order valence-corrected chi connectivity index (χ4v) is 3.52. The average Bonchev–Trinajstić information content (AvgIpc) is 3.03. The predicted molar refractivity (Wildman–Crippen MR) is 81.0 cm³/mol. The van der Waals surface area contributed by atoms with E-state index in [1.807, 2.05) is 19.1 Å². The van der Waals surface area contributed by atoms with Crippen LogP contribution in [0.5, 0.6) is 0 Å². The van der Waals surface area contributed by atoms with Gasteiger partial charge in [0.15, 0.2) is 5.16 Å². The summed E-state index contributed by atoms with van der Waals surface area (Å²) in [5.41, 5.74) is -0.157. The molecule has 2 aromatic heterocycles. The summed E-state index contributed by atoms with van der Waals surface area (Å²) in [6.07, 6.45) is 0.896. The summed E-state index contributed by atoms with van der Waals surface area (Å²) in [5.74, 6) is 6.26. The molecular weight excluding hydrogens is 294 g/mol. The van der Waals surface area contributed by atoms with Crippen LogP contribution in [-0.2, 0) is 12.3 Å². The lowest BCUT2D eigenvalue weighted by Crippen LogP contribution is -2.17. The Balaban J connectivity index is 2.02. The Kier molecular flexibility index (Phi) is 5.47. The fourth-order valence-electron chi connectivity index (χ4n) is 1.62. The molecule has 2 N–H and O–H groups in total. The van der Waals surface area contributed by atoms with Crippen molar-refractivity contribution in [3.8, 4) is 11.8 Å². The van der Waals surface area contributed by atoms with Gasteiger partial charge in [-0.1, -0.05) is 30.5 Å². The number of H-pyrrole nitrogens is 1. The zero-order chi connectivity index (χ0) is 14.4. The zero-order valence-corrected chi connectivity index (χ0v) is 12.7. The van der Waals surface area contributed by atoms with E-state index in [0.717, 1.165) is 21.9 Å². The van der Waals surface area contributed by atoms with Crippen molar-refractivity contribution >= 4 is 23.1 Å². The summed E-state index contributed by atoms with van der Waals surface area (Å²) in [6.45, 7) is 2.58. The van der Waals surface area contributed by atoms with Crippen molar-refractivity contribution < 1.29 is 5.11 Å². The van der Waals surface area contributed by atoms with Crippen molar-refractivity contribution in [2.75, 3.05) is 6.61 Å². The van der Waals surface area contributed by atoms with E-state index in [0.29, 0.717) is 11.7 Å². The van der Waals surface area contributed by atoms with Gasteiger partial charge in [-0.05, 0) is 18.6 Å². The van der Waals surface area contributed by atoms with Gasteiger partial charge < -0.3 is 5.11 Å². The van der Waals surface area contributed by atoms with Gasteiger partial charge in [-0.15, -0.1) is 16.4 Å². The molecule has 0 unspecified atom stereocenters. The maximum Gasteiger partial charge on any atom is 0.343 e. The molecule has 0 amide bonds. The molecule has 0 radical (unpaired) electrons. The molecule has 0 bridgehead atoms. The molecule has 0 aliphatic rings. The second-order valence-electron chi connectivity index (χ2n) is 3.98. The number of thioether (sulfide) groups is 1. The van der Waals surface area contributed by atoms with E-state index in [-0.39, 0.29) is 12.3 Å². The lowest BCUT2D eigenvalue weighted by molar-refractivity contribution is 0.350. The van der Waals surface area contributed by atoms with E-state index in [9.17, 15) is 4.79 Å². The molecule has 0 aliphatic carbocycles. The summed E-state index contributed by atoms with van der Waals surface area (Å²) >= 11 is 3.12. The van der Waals surface area contributed by atoms with Crippen LogP contribution in [0.2, 0.25) is 0 Å². The molecule has 106 valence electrons. The van der Waals surface area contributed by atoms with Crippen LogP contribution in [0.15, 0.2) is 22.1 Å². The van der Waals surface area contributed by atoms with Gasteiger partial charge in [-0.25, -0.2) is 9.89 Å². The first-order chi connectivity index (χ1) is 9.74. The summed E-state index contributed by atoms with van der Waals surface area (Å²) in [7, 11) is 0. The lowest BCUT2D eigenvalue weighted by atomic mass is 10.4. The van der Waals surface area contributed by atoms with Crippen LogP contribution in [0.3, 0.4) is 0 Å². The zero-order valence-electron chi connectivity index (χ0n) is 11.0. The van der Waals surface area contributed by atoms with Gasteiger partial charge >= 0.3 is 5.69 Å². The number of hydrogen-bond acceptors (Lipinski definition) is 5. The molecule has 2 rings (SSSR count). The average molecular weight is 309 g/mol. The number of aliphatic hydroxyl groups excluding tert-OH is 1. The van der Waals surface area contributed by atoms with Crippen LogP contribution >= 0.6 is 23.1 Å². The summed E-state index contributed by atoms with van der Waals surface area (Å²) in [4.78, 5) is 13.7. The molecular formula is C13H15N3O2S2. The molecule has 0 atom stereocenters. The summed E-state index contributed by atoms with van der Waals surface area (Å²) in [6, 6.07) is 3.95. The summed E-state index contributed by atoms with van der Waals surface area (Å²) in [5, 5.41) is 15.9. The van der Waals surface area contributed by atoms with Crippen LogP contribution in [0.4, 0.5) is 0 Å². The minimum Gasteiger partial charge on any atom is -0.384 e. The quantitative estimate of drug-likeness (QED) is 0.651. The van der Waals surface area contributed by atoms with Crippen LogP contribution in [0.1, 0.15) is 23.1 Å². The topological polar surface area (TPSA) is 70.9 Å². The molecule has 0 saturated heterocycles. The number of nitrogens with zero attached hydrogens (tertiary/aromatic N) is 2. The van der Waals surface area contributed by atoms with E-state index in [1.165, 1.54) is 11.8 Å². The Morgan fingerprint density at radius 3 is 3.15 bits per heavy atom. The first kappa shape index (κ1) is 14.9. The van der Waals surface area contributed by atoms with E-state index >= 15 is 0 Å². The minimum atomic E-state index is -0.157. The van der Waals surface area contributed by atoms with Crippen molar-refractivity contribution in [3.63, 3.8) is 0 Å². The van der Waals surface area contributed by atoms with Gasteiger partial charge in [-0.3, -0.25) is 4.57 Å². The monoisotopic (exact) mass is 309 g/mol. The molecule has 0 aromatic carbocycles. The van der Waals surface area contributed by atoms with Crippen molar-refractivity contribution in [2.45, 2.75) is 30.8 Å². The SMILES string of the molecule is CCCn1c(SCc2ccc(C#CCO)s2)n[nH]c1=O. The smallest absolute Gasteiger partial charge is 0.343 e. The molecule has 7 heteroatoms. The molecule has 5 nitrogen and oxygen atoms in total. The largest absolute Gasteiger partial charge is 0.384 e. The number of aliphatic hydroxyl groups is 1. The van der Waals surface area contributed by atoms with Gasteiger partial charge in [0.2, 0.25) is 0 Å². The third-order valence-electron chi connectivity index (χ3n) is 2.47. The van der Waals surface area contributed by atoms with Gasteiger partial charge in [0.25, 0.3) is 0 Å². The standard InChI is InChI=1S/C13H15N3O2S2/c1-2-7-16-12(18)14-15-13(16)19-9-11-6-5-10(20-11)4-3-8-17/h5-6,17H,2,7-9H2,1H3,(H,14,18). The van der Waals surface area contributed by atoms with Crippen LogP contribution in [0, 0.1) is 11.8 Å². The highest BCUT2D eigenvalue weighted by molar-refractivity contribution is 7.98. The fraction of sp³-hybridized carbons (Fsp3) is 0.385. The van der Waals surface area contributed by atoms with Crippen molar-refractivity contribution in [1.29, 1.82) is 0 Å². The molecule has 0 fully saturated rings. The van der Waals surface area contributed by atoms with E-state index in [4.69, 9.17) is 5.11 Å². The van der Waals surface area contributed by atoms with Crippen LogP contribution in [0.25, 0.3) is 0 Å².